The number of ether oxygens (including phenoxy) is 1. The van der Waals surface area contributed by atoms with Gasteiger partial charge in [0.05, 0.1) is 0 Å². The summed E-state index contributed by atoms with van der Waals surface area (Å²) in [6, 6.07) is 8.09. The molecule has 1 aromatic carbocycles. The molecule has 0 fully saturated rings. The van der Waals surface area contributed by atoms with Crippen molar-refractivity contribution in [1.29, 1.82) is 0 Å². The van der Waals surface area contributed by atoms with Gasteiger partial charge in [0.1, 0.15) is 12.4 Å². The second-order valence-corrected chi connectivity index (χ2v) is 5.09. The molecule has 0 radical (unpaired) electrons. The molecule has 1 aromatic rings. The van der Waals surface area contributed by atoms with Crippen LogP contribution in [0.3, 0.4) is 0 Å². The quantitative estimate of drug-likeness (QED) is 0.676. The molecule has 1 unspecified atom stereocenters. The topological polar surface area (TPSA) is 21.3 Å². The molecule has 0 bridgehead atoms. The number of rotatable bonds is 9. The second-order valence-electron chi connectivity index (χ2n) is 4.66. The molecular weight excluding hydrogens is 246 g/mol. The third kappa shape index (κ3) is 6.87. The van der Waals surface area contributed by atoms with E-state index in [4.69, 9.17) is 16.3 Å². The van der Waals surface area contributed by atoms with E-state index in [0.717, 1.165) is 12.3 Å². The van der Waals surface area contributed by atoms with Gasteiger partial charge in [-0.15, -0.1) is 0 Å². The highest BCUT2D eigenvalue weighted by Gasteiger charge is 2.00. The van der Waals surface area contributed by atoms with E-state index >= 15 is 0 Å². The van der Waals surface area contributed by atoms with Crippen molar-refractivity contribution in [2.45, 2.75) is 45.6 Å². The van der Waals surface area contributed by atoms with Gasteiger partial charge in [0.15, 0.2) is 0 Å². The third-order valence-corrected chi connectivity index (χ3v) is 3.14. The maximum Gasteiger partial charge on any atom is 0.120 e. The number of hydrogen-bond donors (Lipinski definition) is 1. The van der Waals surface area contributed by atoms with Crippen molar-refractivity contribution in [2.24, 2.45) is 0 Å². The molecule has 0 spiro atoms. The molecular formula is C15H24ClNO. The third-order valence-electron chi connectivity index (χ3n) is 2.90. The van der Waals surface area contributed by atoms with Crippen LogP contribution in [0.1, 0.15) is 39.5 Å². The van der Waals surface area contributed by atoms with Crippen molar-refractivity contribution in [1.82, 2.24) is 5.32 Å². The molecule has 0 aliphatic carbocycles. The summed E-state index contributed by atoms with van der Waals surface area (Å²) in [5.74, 6) is 0.836. The van der Waals surface area contributed by atoms with Crippen LogP contribution in [0.5, 0.6) is 5.75 Å². The number of nitrogens with one attached hydrogen (secondary N) is 1. The lowest BCUT2D eigenvalue weighted by molar-refractivity contribution is 0.304. The summed E-state index contributed by atoms with van der Waals surface area (Å²) < 4.78 is 5.62. The van der Waals surface area contributed by atoms with E-state index in [-0.39, 0.29) is 0 Å². The first-order chi connectivity index (χ1) is 8.72. The molecule has 102 valence electrons. The minimum absolute atomic E-state index is 0.569. The summed E-state index contributed by atoms with van der Waals surface area (Å²) in [5, 5.41) is 4.18. The second kappa shape index (κ2) is 9.23. The molecule has 18 heavy (non-hydrogen) atoms. The van der Waals surface area contributed by atoms with Crippen molar-refractivity contribution in [3.05, 3.63) is 29.3 Å². The Morgan fingerprint density at radius 2 is 2.17 bits per heavy atom. The van der Waals surface area contributed by atoms with E-state index in [1.165, 1.54) is 25.7 Å². The minimum Gasteiger partial charge on any atom is -0.492 e. The zero-order valence-corrected chi connectivity index (χ0v) is 12.2. The van der Waals surface area contributed by atoms with Crippen molar-refractivity contribution in [3.8, 4) is 5.75 Å². The van der Waals surface area contributed by atoms with E-state index < -0.39 is 0 Å². The number of unbranched alkanes of at least 4 members (excludes halogenated alkanes) is 2. The van der Waals surface area contributed by atoms with Gasteiger partial charge in [-0.1, -0.05) is 43.9 Å². The minimum atomic E-state index is 0.569. The maximum atomic E-state index is 5.88. The molecule has 1 atom stereocenters. The number of hydrogen-bond acceptors (Lipinski definition) is 2. The molecule has 0 aliphatic rings. The average molecular weight is 270 g/mol. The molecule has 1 rings (SSSR count). The van der Waals surface area contributed by atoms with Gasteiger partial charge < -0.3 is 10.1 Å². The summed E-state index contributed by atoms with van der Waals surface area (Å²) in [7, 11) is 0. The number of halogens is 1. The van der Waals surface area contributed by atoms with Crippen LogP contribution in [0, 0.1) is 0 Å². The fourth-order valence-corrected chi connectivity index (χ4v) is 2.01. The van der Waals surface area contributed by atoms with Gasteiger partial charge in [-0.2, -0.15) is 0 Å². The molecule has 0 saturated heterocycles. The zero-order valence-electron chi connectivity index (χ0n) is 11.4. The lowest BCUT2D eigenvalue weighted by Gasteiger charge is -2.14. The highest BCUT2D eigenvalue weighted by atomic mass is 35.5. The Hall–Kier alpha value is -0.730. The van der Waals surface area contributed by atoms with Crippen LogP contribution >= 0.6 is 11.6 Å². The number of benzene rings is 1. The van der Waals surface area contributed by atoms with Crippen molar-refractivity contribution >= 4 is 11.6 Å². The first-order valence-electron chi connectivity index (χ1n) is 6.84. The lowest BCUT2D eigenvalue weighted by Crippen LogP contribution is -2.30. The smallest absolute Gasteiger partial charge is 0.120 e. The standard InChI is InChI=1S/C15H24ClNO/c1-3-4-5-7-13(2)17-10-11-18-15-9-6-8-14(16)12-15/h6,8-9,12-13,17H,3-5,7,10-11H2,1-2H3. The Labute approximate surface area is 116 Å². The summed E-state index contributed by atoms with van der Waals surface area (Å²) in [4.78, 5) is 0. The Morgan fingerprint density at radius 3 is 2.89 bits per heavy atom. The van der Waals surface area contributed by atoms with Gasteiger partial charge in [0.2, 0.25) is 0 Å². The lowest BCUT2D eigenvalue weighted by atomic mass is 10.1. The Balaban J connectivity index is 2.07. The van der Waals surface area contributed by atoms with Crippen molar-refractivity contribution < 1.29 is 4.74 Å². The predicted octanol–water partition coefficient (Wildman–Crippen LogP) is 4.28. The van der Waals surface area contributed by atoms with Gasteiger partial charge in [0, 0.05) is 17.6 Å². The zero-order chi connectivity index (χ0) is 13.2. The van der Waals surface area contributed by atoms with E-state index in [0.29, 0.717) is 17.7 Å². The van der Waals surface area contributed by atoms with Crippen molar-refractivity contribution in [2.75, 3.05) is 13.2 Å². The molecule has 0 heterocycles. The van der Waals surface area contributed by atoms with Crippen LogP contribution in [0.15, 0.2) is 24.3 Å². The van der Waals surface area contributed by atoms with Crippen LogP contribution in [-0.4, -0.2) is 19.2 Å². The predicted molar refractivity (Wildman–Crippen MR) is 78.6 cm³/mol. The van der Waals surface area contributed by atoms with Crippen LogP contribution in [0.2, 0.25) is 5.02 Å². The van der Waals surface area contributed by atoms with Gasteiger partial charge in [-0.25, -0.2) is 0 Å². The van der Waals surface area contributed by atoms with Crippen LogP contribution < -0.4 is 10.1 Å². The molecule has 3 heteroatoms. The molecule has 1 N–H and O–H groups in total. The van der Waals surface area contributed by atoms with E-state index in [1.54, 1.807) is 0 Å². The van der Waals surface area contributed by atoms with E-state index in [2.05, 4.69) is 19.2 Å². The Bertz CT molecular complexity index is 330. The Morgan fingerprint density at radius 1 is 1.33 bits per heavy atom. The van der Waals surface area contributed by atoms with Gasteiger partial charge in [0.25, 0.3) is 0 Å². The summed E-state index contributed by atoms with van der Waals surface area (Å²) in [5.41, 5.74) is 0. The highest BCUT2D eigenvalue weighted by Crippen LogP contribution is 2.16. The summed E-state index contributed by atoms with van der Waals surface area (Å²) >= 11 is 5.88. The van der Waals surface area contributed by atoms with Gasteiger partial charge in [-0.05, 0) is 31.5 Å². The summed E-state index contributed by atoms with van der Waals surface area (Å²) in [6.45, 7) is 6.02. The molecule has 2 nitrogen and oxygen atoms in total. The normalized spacial score (nSPS) is 12.4. The van der Waals surface area contributed by atoms with Gasteiger partial charge in [-0.3, -0.25) is 0 Å². The molecule has 0 amide bonds. The monoisotopic (exact) mass is 269 g/mol. The SMILES string of the molecule is CCCCCC(C)NCCOc1cccc(Cl)c1. The van der Waals surface area contributed by atoms with Gasteiger partial charge >= 0.3 is 0 Å². The highest BCUT2D eigenvalue weighted by molar-refractivity contribution is 6.30. The van der Waals surface area contributed by atoms with Crippen molar-refractivity contribution in [3.63, 3.8) is 0 Å². The largest absolute Gasteiger partial charge is 0.492 e. The fourth-order valence-electron chi connectivity index (χ4n) is 1.83. The average Bonchev–Trinajstić information content (AvgIpc) is 2.35. The first-order valence-corrected chi connectivity index (χ1v) is 7.22. The Kier molecular flexibility index (Phi) is 7.86. The molecule has 0 aliphatic heterocycles. The van der Waals surface area contributed by atoms with E-state index in [9.17, 15) is 0 Å². The van der Waals surface area contributed by atoms with E-state index in [1.807, 2.05) is 24.3 Å². The van der Waals surface area contributed by atoms with Crippen LogP contribution in [0.4, 0.5) is 0 Å². The fraction of sp³-hybridized carbons (Fsp3) is 0.600. The molecule has 0 saturated carbocycles. The summed E-state index contributed by atoms with van der Waals surface area (Å²) in [6.07, 6.45) is 5.15. The van der Waals surface area contributed by atoms with Crippen LogP contribution in [0.25, 0.3) is 0 Å². The van der Waals surface area contributed by atoms with Crippen LogP contribution in [-0.2, 0) is 0 Å². The first kappa shape index (κ1) is 15.3. The maximum absolute atomic E-state index is 5.88. The molecule has 0 aromatic heterocycles.